The predicted octanol–water partition coefficient (Wildman–Crippen LogP) is -0.416. The highest BCUT2D eigenvalue weighted by Gasteiger charge is 2.47. The fourth-order valence-corrected chi connectivity index (χ4v) is 10.7. The van der Waals surface area contributed by atoms with E-state index in [1.165, 1.54) is 6.07 Å². The number of pyridine rings is 2. The largest absolute Gasteiger partial charge is 0.480 e. The van der Waals surface area contributed by atoms with Crippen molar-refractivity contribution >= 4 is 70.1 Å². The lowest BCUT2D eigenvalue weighted by atomic mass is 9.77. The lowest BCUT2D eigenvalue weighted by molar-refractivity contribution is -0.164. The first-order chi connectivity index (χ1) is 37.9. The molecule has 2 aromatic heterocycles. The van der Waals surface area contributed by atoms with Crippen LogP contribution in [-0.4, -0.2) is 136 Å². The van der Waals surface area contributed by atoms with Crippen molar-refractivity contribution in [3.63, 3.8) is 0 Å². The number of carboxylic acid groups (broad SMARTS) is 1. The first-order valence-corrected chi connectivity index (χ1v) is 25.8. The molecule has 1 fully saturated rings. The van der Waals surface area contributed by atoms with Crippen molar-refractivity contribution in [2.75, 3.05) is 39.5 Å². The summed E-state index contributed by atoms with van der Waals surface area (Å²) in [6.07, 6.45) is 4.41. The average molecular weight is 1090 g/mol. The number of rotatable bonds is 22. The quantitative estimate of drug-likeness (QED) is 0.0248. The molecule has 0 bridgehead atoms. The minimum Gasteiger partial charge on any atom is -0.480 e. The summed E-state index contributed by atoms with van der Waals surface area (Å²) in [5.41, 5.74) is 3.94. The number of cyclic esters (lactones) is 1. The topological polar surface area (TPSA) is 332 Å². The van der Waals surface area contributed by atoms with Crippen LogP contribution >= 0.6 is 0 Å². The van der Waals surface area contributed by atoms with Gasteiger partial charge in [-0.2, -0.15) is 0 Å². The summed E-state index contributed by atoms with van der Waals surface area (Å²) in [6.45, 7) is 0.165. The molecule has 4 atom stereocenters. The van der Waals surface area contributed by atoms with Crippen molar-refractivity contribution in [3.05, 3.63) is 110 Å². The van der Waals surface area contributed by atoms with Gasteiger partial charge in [-0.1, -0.05) is 37.3 Å². The molecular formula is C54H57FN10O14. The minimum atomic E-state index is -1.50. The Hall–Kier alpha value is -8.71. The lowest BCUT2D eigenvalue weighted by Crippen LogP contribution is -2.56. The molecule has 0 unspecified atom stereocenters. The Morgan fingerprint density at radius 2 is 1.57 bits per heavy atom. The molecule has 2 aromatic carbocycles. The molecule has 3 aliphatic heterocycles. The second kappa shape index (κ2) is 23.1. The number of nitrogens with zero attached hydrogens (tertiary/aromatic N) is 3. The van der Waals surface area contributed by atoms with Crippen molar-refractivity contribution in [1.29, 1.82) is 0 Å². The molecule has 79 heavy (non-hydrogen) atoms. The van der Waals surface area contributed by atoms with Crippen molar-refractivity contribution in [3.8, 4) is 11.4 Å². The Balaban J connectivity index is 0.800. The highest BCUT2D eigenvalue weighted by atomic mass is 19.1. The van der Waals surface area contributed by atoms with Gasteiger partial charge in [0, 0.05) is 42.1 Å². The number of halogens is 1. The van der Waals surface area contributed by atoms with E-state index in [1.54, 1.807) is 41.8 Å². The van der Waals surface area contributed by atoms with Crippen LogP contribution < -0.4 is 42.8 Å². The number of carboxylic acids is 1. The monoisotopic (exact) mass is 1090 g/mol. The van der Waals surface area contributed by atoms with Gasteiger partial charge in [0.25, 0.3) is 23.3 Å². The van der Waals surface area contributed by atoms with E-state index in [9.17, 15) is 52.7 Å². The van der Waals surface area contributed by atoms with Gasteiger partial charge in [0.1, 0.15) is 36.8 Å². The van der Waals surface area contributed by atoms with Crippen LogP contribution in [0.1, 0.15) is 89.9 Å². The Labute approximate surface area is 449 Å². The molecule has 24 nitrogen and oxygen atoms in total. The molecule has 25 heteroatoms. The third kappa shape index (κ3) is 11.3. The number of amides is 8. The lowest BCUT2D eigenvalue weighted by Gasteiger charge is -2.41. The van der Waals surface area contributed by atoms with Gasteiger partial charge in [-0.05, 0) is 79.3 Å². The molecule has 8 amide bonds. The summed E-state index contributed by atoms with van der Waals surface area (Å²) < 4.78 is 28.6. The zero-order valence-electron chi connectivity index (χ0n) is 43.1. The van der Waals surface area contributed by atoms with Gasteiger partial charge in [0.2, 0.25) is 29.5 Å². The molecule has 0 spiro atoms. The van der Waals surface area contributed by atoms with Crippen LogP contribution in [0.2, 0.25) is 0 Å². The zero-order chi connectivity index (χ0) is 56.3. The fourth-order valence-electron chi connectivity index (χ4n) is 10.7. The molecule has 1 saturated carbocycles. The number of carbonyl (C=O) groups excluding carboxylic acids is 9. The Kier molecular flexibility index (Phi) is 16.1. The van der Waals surface area contributed by atoms with Gasteiger partial charge in [0.15, 0.2) is 0 Å². The van der Waals surface area contributed by atoms with E-state index in [0.29, 0.717) is 93.5 Å². The number of benzene rings is 2. The molecule has 9 rings (SSSR count). The number of carbonyl (C=O) groups is 10. The molecule has 0 saturated heterocycles. The predicted molar refractivity (Wildman–Crippen MR) is 274 cm³/mol. The molecule has 0 radical (unpaired) electrons. The van der Waals surface area contributed by atoms with Crippen LogP contribution in [0.4, 0.5) is 4.39 Å². The van der Waals surface area contributed by atoms with E-state index in [4.69, 9.17) is 19.6 Å². The maximum Gasteiger partial charge on any atom is 0.317 e. The summed E-state index contributed by atoms with van der Waals surface area (Å²) in [4.78, 5) is 148. The standard InChI is InChI=1S/C54H57FN10O14/c1-3-29-31-17-38-48-32(24-64(38)51(75)33(31)25-78-52(29)76)47-35(11-10-30-27(2)34(55)18-36(62-48)46(30)47)63-53(77)54(14-7-15-54)79-26-60-41(67)21-58-49(73)37(16-28-8-5-4-6-9-28)61-42(68)22-57-40(66)20-59-50(74)39(19-56-23-45(71)72)65-43(69)12-13-44(65)70/h4-6,8-9,12-13,17-18,29,35,37,39,56H,3,7,10-11,14-16,19-26H2,1-2H3,(H,57,66)(H,58,73)(H,59,74)(H,60,67)(H,61,68)(H,63,77)(H,71,72)/t29-,35-,37+,39+/m1/s1. The fraction of sp³-hybridized carbons (Fsp3) is 0.407. The third-order valence-electron chi connectivity index (χ3n) is 15.0. The Bertz CT molecular complexity index is 3300. The van der Waals surface area contributed by atoms with E-state index in [1.807, 2.05) is 13.0 Å². The van der Waals surface area contributed by atoms with Crippen LogP contribution in [0.5, 0.6) is 0 Å². The first kappa shape index (κ1) is 55.1. The molecule has 8 N–H and O–H groups in total. The molecule has 5 aliphatic rings. The maximum absolute atomic E-state index is 15.5. The number of hydrogen-bond donors (Lipinski definition) is 8. The van der Waals surface area contributed by atoms with E-state index >= 15 is 4.39 Å². The highest BCUT2D eigenvalue weighted by Crippen LogP contribution is 2.46. The van der Waals surface area contributed by atoms with Crippen LogP contribution in [0, 0.1) is 12.7 Å². The smallest absolute Gasteiger partial charge is 0.317 e. The highest BCUT2D eigenvalue weighted by molar-refractivity contribution is 6.15. The minimum absolute atomic E-state index is 0.0218. The van der Waals surface area contributed by atoms with E-state index < -0.39 is 134 Å². The summed E-state index contributed by atoms with van der Waals surface area (Å²) >= 11 is 0. The Morgan fingerprint density at radius 1 is 0.873 bits per heavy atom. The molecule has 414 valence electrons. The van der Waals surface area contributed by atoms with E-state index in [-0.39, 0.29) is 25.1 Å². The van der Waals surface area contributed by atoms with Crippen molar-refractivity contribution in [2.45, 2.75) is 102 Å². The number of aromatic nitrogens is 2. The number of fused-ring (bicyclic) bond motifs is 5. The average Bonchev–Trinajstić information content (AvgIpc) is 3.89. The second-order valence-electron chi connectivity index (χ2n) is 19.9. The van der Waals surface area contributed by atoms with E-state index in [0.717, 1.165) is 23.3 Å². The van der Waals surface area contributed by atoms with Crippen molar-refractivity contribution in [1.82, 2.24) is 51.7 Å². The van der Waals surface area contributed by atoms with Gasteiger partial charge in [0.05, 0.1) is 67.2 Å². The van der Waals surface area contributed by atoms with Crippen LogP contribution in [0.15, 0.2) is 59.4 Å². The molecular weight excluding hydrogens is 1030 g/mol. The van der Waals surface area contributed by atoms with Gasteiger partial charge in [-0.3, -0.25) is 57.6 Å². The normalized spacial score (nSPS) is 18.0. The van der Waals surface area contributed by atoms with Crippen LogP contribution in [0.3, 0.4) is 0 Å². The van der Waals surface area contributed by atoms with Gasteiger partial charge in [-0.15, -0.1) is 0 Å². The number of nitrogens with one attached hydrogen (secondary N) is 7. The zero-order valence-corrected chi connectivity index (χ0v) is 43.1. The molecule has 2 aliphatic carbocycles. The summed E-state index contributed by atoms with van der Waals surface area (Å²) in [6, 6.07) is 8.45. The summed E-state index contributed by atoms with van der Waals surface area (Å²) in [7, 11) is 0. The number of imide groups is 1. The van der Waals surface area contributed by atoms with Gasteiger partial charge in [-0.25, -0.2) is 9.37 Å². The first-order valence-electron chi connectivity index (χ1n) is 25.8. The van der Waals surface area contributed by atoms with Crippen LogP contribution in [0.25, 0.3) is 22.3 Å². The second-order valence-corrected chi connectivity index (χ2v) is 19.9. The number of aryl methyl sites for hydroxylation is 1. The summed E-state index contributed by atoms with van der Waals surface area (Å²) in [5, 5.41) is 27.5. The van der Waals surface area contributed by atoms with E-state index in [2.05, 4.69) is 37.2 Å². The van der Waals surface area contributed by atoms with Crippen molar-refractivity contribution in [2.24, 2.45) is 0 Å². The van der Waals surface area contributed by atoms with Gasteiger partial charge < -0.3 is 56.4 Å². The van der Waals surface area contributed by atoms with Crippen molar-refractivity contribution < 1.29 is 66.9 Å². The maximum atomic E-state index is 15.5. The number of esters is 1. The summed E-state index contributed by atoms with van der Waals surface area (Å²) in [5.74, 6) is -8.88. The Morgan fingerprint density at radius 3 is 2.25 bits per heavy atom. The third-order valence-corrected chi connectivity index (χ3v) is 15.0. The SMILES string of the molecule is CC[C@H]1C(=O)OCc2c1cc1n(c2=O)Cc2c-1nc1cc(F)c(C)c3c1c2[C@H](NC(=O)C1(OCNC(=O)CNC(=O)[C@H](Cc2ccccc2)NC(=O)CNC(=O)CNC(=O)[C@H](CNCC(=O)O)N2C(=O)C=CC2=O)CCC1)CC3. The van der Waals surface area contributed by atoms with Crippen LogP contribution in [-0.2, 0) is 83.4 Å². The molecule has 5 heterocycles. The molecule has 4 aromatic rings. The number of ether oxygens (including phenoxy) is 2. The van der Waals surface area contributed by atoms with Gasteiger partial charge >= 0.3 is 11.9 Å². The number of hydrogen-bond acceptors (Lipinski definition) is 15. The number of aliphatic carboxylic acids is 1.